The largest absolute Gasteiger partial charge is 0.488 e. The SMILES string of the molecule is CCOC(=O)/C=C/c1ccc(OCc2ccc(Cl)cc2Cl)c(Br)c1. The molecule has 0 saturated carbocycles. The summed E-state index contributed by atoms with van der Waals surface area (Å²) in [6.07, 6.45) is 3.07. The summed E-state index contributed by atoms with van der Waals surface area (Å²) >= 11 is 15.5. The van der Waals surface area contributed by atoms with Gasteiger partial charge in [-0.25, -0.2) is 4.79 Å². The quantitative estimate of drug-likeness (QED) is 0.422. The van der Waals surface area contributed by atoms with Gasteiger partial charge < -0.3 is 9.47 Å². The molecule has 0 aliphatic rings. The van der Waals surface area contributed by atoms with Crippen molar-refractivity contribution in [1.29, 1.82) is 0 Å². The Hall–Kier alpha value is -1.49. The van der Waals surface area contributed by atoms with E-state index < -0.39 is 0 Å². The van der Waals surface area contributed by atoms with Gasteiger partial charge in [0.2, 0.25) is 0 Å². The zero-order valence-corrected chi connectivity index (χ0v) is 16.0. The fourth-order valence-electron chi connectivity index (χ4n) is 1.89. The van der Waals surface area contributed by atoms with Gasteiger partial charge in [-0.15, -0.1) is 0 Å². The number of hydrogen-bond acceptors (Lipinski definition) is 3. The van der Waals surface area contributed by atoms with E-state index in [0.717, 1.165) is 15.6 Å². The summed E-state index contributed by atoms with van der Waals surface area (Å²) in [6.45, 7) is 2.45. The van der Waals surface area contributed by atoms with Crippen LogP contribution in [0.4, 0.5) is 0 Å². The van der Waals surface area contributed by atoms with Gasteiger partial charge in [0, 0.05) is 21.7 Å². The summed E-state index contributed by atoms with van der Waals surface area (Å²) in [7, 11) is 0. The third-order valence-electron chi connectivity index (χ3n) is 3.05. The van der Waals surface area contributed by atoms with Gasteiger partial charge in [-0.1, -0.05) is 35.3 Å². The van der Waals surface area contributed by atoms with Crippen LogP contribution in [0.5, 0.6) is 5.75 Å². The molecule has 2 aromatic rings. The smallest absolute Gasteiger partial charge is 0.330 e. The number of rotatable bonds is 6. The third kappa shape index (κ3) is 5.55. The summed E-state index contributed by atoms with van der Waals surface area (Å²) in [5.74, 6) is 0.306. The van der Waals surface area contributed by atoms with Crippen molar-refractivity contribution >= 4 is 51.2 Å². The monoisotopic (exact) mass is 428 g/mol. The van der Waals surface area contributed by atoms with Crippen LogP contribution >= 0.6 is 39.1 Å². The molecule has 0 fully saturated rings. The molecule has 0 unspecified atom stereocenters. The first-order valence-electron chi connectivity index (χ1n) is 7.20. The van der Waals surface area contributed by atoms with Crippen LogP contribution in [0, 0.1) is 0 Å². The lowest BCUT2D eigenvalue weighted by Gasteiger charge is -2.10. The molecule has 0 heterocycles. The molecule has 2 rings (SSSR count). The van der Waals surface area contributed by atoms with Crippen molar-refractivity contribution in [3.63, 3.8) is 0 Å². The third-order valence-corrected chi connectivity index (χ3v) is 4.26. The van der Waals surface area contributed by atoms with Crippen LogP contribution in [0.1, 0.15) is 18.1 Å². The number of ether oxygens (including phenoxy) is 2. The van der Waals surface area contributed by atoms with E-state index in [1.807, 2.05) is 24.3 Å². The molecule has 0 spiro atoms. The number of carbonyl (C=O) groups excluding carboxylic acids is 1. The van der Waals surface area contributed by atoms with Crippen LogP contribution in [-0.2, 0) is 16.1 Å². The average molecular weight is 430 g/mol. The highest BCUT2D eigenvalue weighted by molar-refractivity contribution is 9.10. The normalized spacial score (nSPS) is 10.8. The van der Waals surface area contributed by atoms with Crippen LogP contribution in [0.15, 0.2) is 46.9 Å². The predicted octanol–water partition coefficient (Wildman–Crippen LogP) is 5.91. The average Bonchev–Trinajstić information content (AvgIpc) is 2.54. The number of benzene rings is 2. The van der Waals surface area contributed by atoms with Gasteiger partial charge >= 0.3 is 5.97 Å². The molecule has 0 N–H and O–H groups in total. The van der Waals surface area contributed by atoms with Gasteiger partial charge in [0.05, 0.1) is 11.1 Å². The molecule has 0 aromatic heterocycles. The first kappa shape index (κ1) is 18.8. The second-order valence-corrected chi connectivity index (χ2v) is 6.50. The van der Waals surface area contributed by atoms with E-state index in [9.17, 15) is 4.79 Å². The van der Waals surface area contributed by atoms with Gasteiger partial charge in [-0.3, -0.25) is 0 Å². The predicted molar refractivity (Wildman–Crippen MR) is 101 cm³/mol. The van der Waals surface area contributed by atoms with Crippen molar-refractivity contribution in [1.82, 2.24) is 0 Å². The Morgan fingerprint density at radius 2 is 2.00 bits per heavy atom. The van der Waals surface area contributed by atoms with Crippen molar-refractivity contribution in [3.05, 3.63) is 68.1 Å². The Morgan fingerprint density at radius 3 is 2.67 bits per heavy atom. The molecular weight excluding hydrogens is 415 g/mol. The molecule has 0 aliphatic carbocycles. The molecule has 0 radical (unpaired) electrons. The molecule has 0 atom stereocenters. The second-order valence-electron chi connectivity index (χ2n) is 4.80. The van der Waals surface area contributed by atoms with Crippen LogP contribution in [0.25, 0.3) is 6.08 Å². The zero-order valence-electron chi connectivity index (χ0n) is 12.9. The Morgan fingerprint density at radius 1 is 1.21 bits per heavy atom. The van der Waals surface area contributed by atoms with Crippen LogP contribution in [-0.4, -0.2) is 12.6 Å². The zero-order chi connectivity index (χ0) is 17.5. The van der Waals surface area contributed by atoms with E-state index in [4.69, 9.17) is 32.7 Å². The van der Waals surface area contributed by atoms with Gasteiger partial charge in [0.25, 0.3) is 0 Å². The van der Waals surface area contributed by atoms with E-state index >= 15 is 0 Å². The fourth-order valence-corrected chi connectivity index (χ4v) is 2.86. The van der Waals surface area contributed by atoms with E-state index in [1.54, 1.807) is 25.1 Å². The topological polar surface area (TPSA) is 35.5 Å². The molecule has 0 bridgehead atoms. The Kier molecular flexibility index (Phi) is 7.16. The molecular formula is C18H15BrCl2O3. The maximum absolute atomic E-state index is 11.3. The molecule has 6 heteroatoms. The first-order chi connectivity index (χ1) is 11.5. The van der Waals surface area contributed by atoms with Crippen LogP contribution in [0.2, 0.25) is 10.0 Å². The first-order valence-corrected chi connectivity index (χ1v) is 8.75. The van der Waals surface area contributed by atoms with Crippen LogP contribution in [0.3, 0.4) is 0 Å². The molecule has 0 saturated heterocycles. The molecule has 3 nitrogen and oxygen atoms in total. The van der Waals surface area contributed by atoms with Crippen LogP contribution < -0.4 is 4.74 Å². The van der Waals surface area contributed by atoms with Crippen molar-refractivity contribution in [3.8, 4) is 5.75 Å². The molecule has 24 heavy (non-hydrogen) atoms. The number of carbonyl (C=O) groups is 1. The lowest BCUT2D eigenvalue weighted by molar-refractivity contribution is -0.137. The Labute approximate surface area is 159 Å². The lowest BCUT2D eigenvalue weighted by atomic mass is 10.2. The summed E-state index contributed by atoms with van der Waals surface area (Å²) in [6, 6.07) is 10.8. The highest BCUT2D eigenvalue weighted by Gasteiger charge is 2.06. The van der Waals surface area contributed by atoms with Gasteiger partial charge in [0.15, 0.2) is 0 Å². The van der Waals surface area contributed by atoms with Crippen molar-refractivity contribution in [2.45, 2.75) is 13.5 Å². The second kappa shape index (κ2) is 9.11. The summed E-state index contributed by atoms with van der Waals surface area (Å²) in [5.41, 5.74) is 1.70. The Bertz CT molecular complexity index is 760. The Balaban J connectivity index is 2.03. The molecule has 0 aliphatic heterocycles. The highest BCUT2D eigenvalue weighted by atomic mass is 79.9. The van der Waals surface area contributed by atoms with Crippen molar-refractivity contribution in [2.75, 3.05) is 6.61 Å². The van der Waals surface area contributed by atoms with Crippen molar-refractivity contribution in [2.24, 2.45) is 0 Å². The molecule has 2 aromatic carbocycles. The van der Waals surface area contributed by atoms with Gasteiger partial charge in [-0.05, 0) is 58.8 Å². The van der Waals surface area contributed by atoms with E-state index in [1.165, 1.54) is 6.08 Å². The van der Waals surface area contributed by atoms with E-state index in [2.05, 4.69) is 15.9 Å². The minimum Gasteiger partial charge on any atom is -0.488 e. The summed E-state index contributed by atoms with van der Waals surface area (Å²) in [5, 5.41) is 1.15. The van der Waals surface area contributed by atoms with E-state index in [-0.39, 0.29) is 5.97 Å². The number of hydrogen-bond donors (Lipinski definition) is 0. The molecule has 126 valence electrons. The maximum Gasteiger partial charge on any atom is 0.330 e. The number of halogens is 3. The van der Waals surface area contributed by atoms with Gasteiger partial charge in [-0.2, -0.15) is 0 Å². The standard InChI is InChI=1S/C18H15BrCl2O3/c1-2-23-18(22)8-4-12-3-7-17(15(19)9-12)24-11-13-5-6-14(20)10-16(13)21/h3-10H,2,11H2,1H3/b8-4+. The highest BCUT2D eigenvalue weighted by Crippen LogP contribution is 2.29. The van der Waals surface area contributed by atoms with Crippen molar-refractivity contribution < 1.29 is 14.3 Å². The fraction of sp³-hybridized carbons (Fsp3) is 0.167. The van der Waals surface area contributed by atoms with E-state index in [0.29, 0.717) is 29.0 Å². The minimum absolute atomic E-state index is 0.326. The number of esters is 1. The summed E-state index contributed by atoms with van der Waals surface area (Å²) in [4.78, 5) is 11.3. The maximum atomic E-state index is 11.3. The lowest BCUT2D eigenvalue weighted by Crippen LogP contribution is -1.99. The summed E-state index contributed by atoms with van der Waals surface area (Å²) < 4.78 is 11.4. The molecule has 0 amide bonds. The minimum atomic E-state index is -0.369. The van der Waals surface area contributed by atoms with Gasteiger partial charge in [0.1, 0.15) is 12.4 Å².